The zero-order chi connectivity index (χ0) is 14.0. The summed E-state index contributed by atoms with van der Waals surface area (Å²) < 4.78 is 0. The van der Waals surface area contributed by atoms with Crippen molar-refractivity contribution < 1.29 is 14.8 Å². The van der Waals surface area contributed by atoms with Crippen LogP contribution in [0.3, 0.4) is 0 Å². The molecule has 1 saturated heterocycles. The molecule has 1 aliphatic heterocycles. The first kappa shape index (κ1) is 13.0. The van der Waals surface area contributed by atoms with Gasteiger partial charge >= 0.3 is 11.7 Å². The molecule has 3 N–H and O–H groups in total. The molecule has 9 heteroatoms. The second-order valence-electron chi connectivity index (χ2n) is 4.32. The summed E-state index contributed by atoms with van der Waals surface area (Å²) in [7, 11) is 0. The predicted molar refractivity (Wildman–Crippen MR) is 65.7 cm³/mol. The molecular weight excluding hydrogens is 254 g/mol. The highest BCUT2D eigenvalue weighted by atomic mass is 16.6. The highest BCUT2D eigenvalue weighted by Gasteiger charge is 2.27. The Bertz CT molecular complexity index is 521. The number of nitro groups is 1. The molecule has 0 radical (unpaired) electrons. The van der Waals surface area contributed by atoms with E-state index in [4.69, 9.17) is 10.8 Å². The van der Waals surface area contributed by atoms with Crippen molar-refractivity contribution in [2.45, 2.75) is 12.8 Å². The van der Waals surface area contributed by atoms with Gasteiger partial charge in [0, 0.05) is 13.1 Å². The van der Waals surface area contributed by atoms with Gasteiger partial charge in [-0.1, -0.05) is 0 Å². The van der Waals surface area contributed by atoms with Crippen LogP contribution in [0.5, 0.6) is 0 Å². The van der Waals surface area contributed by atoms with Gasteiger partial charge in [0.2, 0.25) is 11.8 Å². The third-order valence-corrected chi connectivity index (χ3v) is 3.04. The van der Waals surface area contributed by atoms with Crippen LogP contribution in [-0.4, -0.2) is 39.1 Å². The van der Waals surface area contributed by atoms with E-state index in [0.29, 0.717) is 19.4 Å². The number of nitrogens with zero attached hydrogens (tertiary/aromatic N) is 4. The SMILES string of the molecule is Nc1nc(N2CCCC(C(=O)O)C2)ncc1[N+](=O)[O-]. The van der Waals surface area contributed by atoms with Crippen LogP contribution in [-0.2, 0) is 4.79 Å². The molecule has 2 rings (SSSR count). The molecule has 1 atom stereocenters. The Morgan fingerprint density at radius 3 is 2.95 bits per heavy atom. The minimum Gasteiger partial charge on any atom is -0.481 e. The number of aliphatic carboxylic acids is 1. The van der Waals surface area contributed by atoms with Crippen molar-refractivity contribution in [3.63, 3.8) is 0 Å². The number of anilines is 2. The molecule has 1 aliphatic rings. The Morgan fingerprint density at radius 2 is 2.37 bits per heavy atom. The minimum absolute atomic E-state index is 0.215. The van der Waals surface area contributed by atoms with E-state index in [2.05, 4.69) is 9.97 Å². The van der Waals surface area contributed by atoms with Gasteiger partial charge in [-0.15, -0.1) is 0 Å². The number of carboxylic acids is 1. The number of hydrogen-bond acceptors (Lipinski definition) is 7. The number of carbonyl (C=O) groups is 1. The molecule has 102 valence electrons. The van der Waals surface area contributed by atoms with Gasteiger partial charge in [0.15, 0.2) is 0 Å². The monoisotopic (exact) mass is 267 g/mol. The topological polar surface area (TPSA) is 135 Å². The van der Waals surface area contributed by atoms with Crippen molar-refractivity contribution in [1.82, 2.24) is 9.97 Å². The molecule has 0 bridgehead atoms. The van der Waals surface area contributed by atoms with E-state index in [1.807, 2.05) is 0 Å². The molecule has 1 fully saturated rings. The lowest BCUT2D eigenvalue weighted by atomic mass is 9.99. The molecule has 0 spiro atoms. The number of nitrogens with two attached hydrogens (primary N) is 1. The Morgan fingerprint density at radius 1 is 1.63 bits per heavy atom. The van der Waals surface area contributed by atoms with E-state index in [-0.39, 0.29) is 24.0 Å². The number of nitrogen functional groups attached to an aromatic ring is 1. The van der Waals surface area contributed by atoms with Crippen molar-refractivity contribution in [2.24, 2.45) is 5.92 Å². The first-order valence-corrected chi connectivity index (χ1v) is 5.73. The van der Waals surface area contributed by atoms with Crippen LogP contribution in [0.15, 0.2) is 6.20 Å². The van der Waals surface area contributed by atoms with Crippen molar-refractivity contribution in [2.75, 3.05) is 23.7 Å². The van der Waals surface area contributed by atoms with Crippen LogP contribution >= 0.6 is 0 Å². The summed E-state index contributed by atoms with van der Waals surface area (Å²) >= 11 is 0. The Kier molecular flexibility index (Phi) is 3.45. The van der Waals surface area contributed by atoms with Crippen LogP contribution in [0.1, 0.15) is 12.8 Å². The maximum absolute atomic E-state index is 11.0. The highest BCUT2D eigenvalue weighted by molar-refractivity contribution is 5.71. The molecule has 9 nitrogen and oxygen atoms in total. The fourth-order valence-electron chi connectivity index (χ4n) is 2.03. The second kappa shape index (κ2) is 5.04. The van der Waals surface area contributed by atoms with Crippen LogP contribution in [0.4, 0.5) is 17.5 Å². The summed E-state index contributed by atoms with van der Waals surface area (Å²) in [6.07, 6.45) is 2.35. The lowest BCUT2D eigenvalue weighted by Gasteiger charge is -2.30. The standard InChI is InChI=1S/C10H13N5O4/c11-8-7(15(18)19)4-12-10(13-8)14-3-1-2-6(5-14)9(16)17/h4,6H,1-3,5H2,(H,16,17)(H2,11,12,13). The number of aromatic nitrogens is 2. The van der Waals surface area contributed by atoms with Crippen molar-refractivity contribution in [3.8, 4) is 0 Å². The van der Waals surface area contributed by atoms with Gasteiger partial charge in [-0.25, -0.2) is 4.98 Å². The Balaban J connectivity index is 2.20. The summed E-state index contributed by atoms with van der Waals surface area (Å²) in [5.74, 6) is -1.32. The zero-order valence-electron chi connectivity index (χ0n) is 10.0. The minimum atomic E-state index is -0.861. The summed E-state index contributed by atoms with van der Waals surface area (Å²) in [6.45, 7) is 0.896. The van der Waals surface area contributed by atoms with E-state index >= 15 is 0 Å². The predicted octanol–water partition coefficient (Wildman–Crippen LogP) is 0.268. The van der Waals surface area contributed by atoms with E-state index in [1.54, 1.807) is 4.90 Å². The first-order valence-electron chi connectivity index (χ1n) is 5.73. The van der Waals surface area contributed by atoms with Crippen LogP contribution < -0.4 is 10.6 Å². The van der Waals surface area contributed by atoms with Crippen LogP contribution in [0.2, 0.25) is 0 Å². The van der Waals surface area contributed by atoms with Crippen molar-refractivity contribution in [1.29, 1.82) is 0 Å². The average Bonchev–Trinajstić information content (AvgIpc) is 2.38. The Labute approximate surface area is 108 Å². The van der Waals surface area contributed by atoms with E-state index < -0.39 is 16.8 Å². The van der Waals surface area contributed by atoms with Gasteiger partial charge in [0.05, 0.1) is 10.8 Å². The molecule has 0 aliphatic carbocycles. The van der Waals surface area contributed by atoms with Gasteiger partial charge in [0.1, 0.15) is 6.20 Å². The average molecular weight is 267 g/mol. The summed E-state index contributed by atoms with van der Waals surface area (Å²) in [6, 6.07) is 0. The van der Waals surface area contributed by atoms with E-state index in [1.165, 1.54) is 0 Å². The zero-order valence-corrected chi connectivity index (χ0v) is 10.0. The molecule has 0 amide bonds. The fraction of sp³-hybridized carbons (Fsp3) is 0.500. The maximum atomic E-state index is 11.0. The van der Waals surface area contributed by atoms with E-state index in [9.17, 15) is 14.9 Å². The quantitative estimate of drug-likeness (QED) is 0.588. The first-order chi connectivity index (χ1) is 8.99. The van der Waals surface area contributed by atoms with Crippen LogP contribution in [0.25, 0.3) is 0 Å². The number of rotatable bonds is 3. The summed E-state index contributed by atoms with van der Waals surface area (Å²) in [5.41, 5.74) is 5.14. The molecular formula is C10H13N5O4. The molecule has 1 unspecified atom stereocenters. The van der Waals surface area contributed by atoms with Gasteiger partial charge in [-0.2, -0.15) is 4.98 Å². The molecule has 1 aromatic heterocycles. The number of carboxylic acid groups (broad SMARTS) is 1. The number of hydrogen-bond donors (Lipinski definition) is 2. The lowest BCUT2D eigenvalue weighted by Crippen LogP contribution is -2.39. The third kappa shape index (κ3) is 2.69. The summed E-state index contributed by atoms with van der Waals surface area (Å²) in [4.78, 5) is 30.3. The molecule has 0 aromatic carbocycles. The smallest absolute Gasteiger partial charge is 0.329 e. The fourth-order valence-corrected chi connectivity index (χ4v) is 2.03. The van der Waals surface area contributed by atoms with Gasteiger partial charge < -0.3 is 15.7 Å². The summed E-state index contributed by atoms with van der Waals surface area (Å²) in [5, 5.41) is 19.6. The van der Waals surface area contributed by atoms with Crippen molar-refractivity contribution >= 4 is 23.4 Å². The largest absolute Gasteiger partial charge is 0.481 e. The van der Waals surface area contributed by atoms with Gasteiger partial charge in [-0.05, 0) is 12.8 Å². The molecule has 2 heterocycles. The molecule has 19 heavy (non-hydrogen) atoms. The van der Waals surface area contributed by atoms with Gasteiger partial charge in [-0.3, -0.25) is 14.9 Å². The second-order valence-corrected chi connectivity index (χ2v) is 4.32. The van der Waals surface area contributed by atoms with Crippen LogP contribution in [0, 0.1) is 16.0 Å². The van der Waals surface area contributed by atoms with Gasteiger partial charge in [0.25, 0.3) is 0 Å². The molecule has 0 saturated carbocycles. The van der Waals surface area contributed by atoms with Crippen molar-refractivity contribution in [3.05, 3.63) is 16.3 Å². The number of piperidine rings is 1. The normalized spacial score (nSPS) is 19.2. The highest BCUT2D eigenvalue weighted by Crippen LogP contribution is 2.24. The van der Waals surface area contributed by atoms with E-state index in [0.717, 1.165) is 6.20 Å². The molecule has 1 aromatic rings. The third-order valence-electron chi connectivity index (χ3n) is 3.04. The Hall–Kier alpha value is -2.45. The maximum Gasteiger partial charge on any atom is 0.329 e. The lowest BCUT2D eigenvalue weighted by molar-refractivity contribution is -0.384.